The Morgan fingerprint density at radius 1 is 1.32 bits per heavy atom. The maximum absolute atomic E-state index is 12.5. The van der Waals surface area contributed by atoms with Crippen LogP contribution in [0.4, 0.5) is 0 Å². The molecule has 0 radical (unpaired) electrons. The number of aromatic amines is 1. The number of para-hydroxylation sites is 1. The van der Waals surface area contributed by atoms with Gasteiger partial charge in [0.15, 0.2) is 0 Å². The molecular weight excluding hydrogens is 238 g/mol. The van der Waals surface area contributed by atoms with Crippen molar-refractivity contribution in [2.75, 3.05) is 0 Å². The van der Waals surface area contributed by atoms with Crippen molar-refractivity contribution < 1.29 is 0 Å². The summed E-state index contributed by atoms with van der Waals surface area (Å²) in [6.45, 7) is 3.84. The summed E-state index contributed by atoms with van der Waals surface area (Å²) in [6, 6.07) is 10.0. The van der Waals surface area contributed by atoms with Crippen LogP contribution in [0.25, 0.3) is 5.69 Å². The molecule has 0 amide bonds. The molecule has 1 aromatic heterocycles. The van der Waals surface area contributed by atoms with E-state index in [0.29, 0.717) is 11.6 Å². The van der Waals surface area contributed by atoms with Crippen molar-refractivity contribution >= 4 is 5.71 Å². The molecule has 0 aliphatic heterocycles. The first kappa shape index (κ1) is 12.0. The number of nitrogens with zero attached hydrogens (tertiary/aromatic N) is 2. The number of aromatic nitrogens is 2. The second kappa shape index (κ2) is 4.53. The van der Waals surface area contributed by atoms with Gasteiger partial charge in [-0.3, -0.25) is 14.9 Å². The summed E-state index contributed by atoms with van der Waals surface area (Å²) in [5.41, 5.74) is 3.24. The van der Waals surface area contributed by atoms with Gasteiger partial charge in [0.25, 0.3) is 5.56 Å². The first-order valence-electron chi connectivity index (χ1n) is 6.58. The Hall–Kier alpha value is -2.10. The SMILES string of the molecule is CC(=NC1CC1)c1c(C)[nH]n(-c2ccccc2)c1=O. The molecule has 1 fully saturated rings. The van der Waals surface area contributed by atoms with Gasteiger partial charge in [-0.1, -0.05) is 18.2 Å². The molecule has 0 unspecified atom stereocenters. The highest BCUT2D eigenvalue weighted by Gasteiger charge is 2.22. The molecule has 1 heterocycles. The average Bonchev–Trinajstić information content (AvgIpc) is 3.15. The van der Waals surface area contributed by atoms with Crippen LogP contribution in [0.5, 0.6) is 0 Å². The second-order valence-electron chi connectivity index (χ2n) is 5.03. The van der Waals surface area contributed by atoms with E-state index in [1.165, 1.54) is 0 Å². The third-order valence-electron chi connectivity index (χ3n) is 3.37. The lowest BCUT2D eigenvalue weighted by Gasteiger charge is -1.99. The van der Waals surface area contributed by atoms with Crippen molar-refractivity contribution in [1.29, 1.82) is 0 Å². The number of nitrogens with one attached hydrogen (secondary N) is 1. The van der Waals surface area contributed by atoms with Crippen LogP contribution in [0, 0.1) is 6.92 Å². The molecule has 1 aliphatic rings. The van der Waals surface area contributed by atoms with E-state index < -0.39 is 0 Å². The molecule has 1 saturated carbocycles. The lowest BCUT2D eigenvalue weighted by molar-refractivity contribution is 0.835. The molecule has 0 spiro atoms. The van der Waals surface area contributed by atoms with Gasteiger partial charge in [0.05, 0.1) is 17.3 Å². The van der Waals surface area contributed by atoms with Gasteiger partial charge < -0.3 is 0 Å². The van der Waals surface area contributed by atoms with E-state index in [2.05, 4.69) is 10.1 Å². The minimum atomic E-state index is -0.0226. The normalized spacial score (nSPS) is 15.8. The van der Waals surface area contributed by atoms with Crippen LogP contribution in [-0.4, -0.2) is 21.5 Å². The average molecular weight is 255 g/mol. The standard InChI is InChI=1S/C15H17N3O/c1-10(16-12-8-9-12)14-11(2)17-18(15(14)19)13-6-4-3-5-7-13/h3-7,12,17H,8-9H2,1-2H3. The lowest BCUT2D eigenvalue weighted by atomic mass is 10.2. The minimum Gasteiger partial charge on any atom is -0.295 e. The van der Waals surface area contributed by atoms with Crippen molar-refractivity contribution in [3.05, 3.63) is 51.9 Å². The molecule has 0 atom stereocenters. The molecule has 0 saturated heterocycles. The topological polar surface area (TPSA) is 50.1 Å². The molecule has 1 N–H and O–H groups in total. The molecule has 1 aliphatic carbocycles. The number of aliphatic imine (C=N–C) groups is 1. The number of hydrogen-bond acceptors (Lipinski definition) is 2. The molecule has 3 rings (SSSR count). The monoisotopic (exact) mass is 255 g/mol. The molecule has 4 heteroatoms. The Balaban J connectivity index is 2.08. The Labute approximate surface area is 111 Å². The summed E-state index contributed by atoms with van der Waals surface area (Å²) >= 11 is 0. The van der Waals surface area contributed by atoms with Gasteiger partial charge in [-0.05, 0) is 38.8 Å². The summed E-state index contributed by atoms with van der Waals surface area (Å²) in [7, 11) is 0. The molecular formula is C15H17N3O. The van der Waals surface area contributed by atoms with Crippen molar-refractivity contribution in [3.63, 3.8) is 0 Å². The van der Waals surface area contributed by atoms with Crippen LogP contribution in [0.3, 0.4) is 0 Å². The second-order valence-corrected chi connectivity index (χ2v) is 5.03. The molecule has 98 valence electrons. The maximum Gasteiger partial charge on any atom is 0.280 e. The minimum absolute atomic E-state index is 0.0226. The largest absolute Gasteiger partial charge is 0.295 e. The van der Waals surface area contributed by atoms with Gasteiger partial charge in [0.1, 0.15) is 0 Å². The Morgan fingerprint density at radius 2 is 2.00 bits per heavy atom. The van der Waals surface area contributed by atoms with Gasteiger partial charge in [-0.15, -0.1) is 0 Å². The third kappa shape index (κ3) is 2.26. The highest BCUT2D eigenvalue weighted by Crippen LogP contribution is 2.24. The summed E-state index contributed by atoms with van der Waals surface area (Å²) in [4.78, 5) is 17.1. The predicted molar refractivity (Wildman–Crippen MR) is 76.4 cm³/mol. The van der Waals surface area contributed by atoms with Gasteiger partial charge in [0.2, 0.25) is 0 Å². The van der Waals surface area contributed by atoms with E-state index >= 15 is 0 Å². The number of rotatable bonds is 3. The molecule has 19 heavy (non-hydrogen) atoms. The Morgan fingerprint density at radius 3 is 2.63 bits per heavy atom. The van der Waals surface area contributed by atoms with Crippen LogP contribution in [0.1, 0.15) is 31.0 Å². The zero-order valence-electron chi connectivity index (χ0n) is 11.2. The van der Waals surface area contributed by atoms with Crippen molar-refractivity contribution in [2.24, 2.45) is 4.99 Å². The highest BCUT2D eigenvalue weighted by molar-refractivity contribution is 5.99. The van der Waals surface area contributed by atoms with Crippen molar-refractivity contribution in [2.45, 2.75) is 32.7 Å². The Kier molecular flexibility index (Phi) is 2.85. The fourth-order valence-electron chi connectivity index (χ4n) is 2.27. The van der Waals surface area contributed by atoms with Crippen LogP contribution >= 0.6 is 0 Å². The lowest BCUT2D eigenvalue weighted by Crippen LogP contribution is -2.19. The predicted octanol–water partition coefficient (Wildman–Crippen LogP) is 2.45. The van der Waals surface area contributed by atoms with E-state index in [-0.39, 0.29) is 5.56 Å². The van der Waals surface area contributed by atoms with Gasteiger partial charge in [-0.25, -0.2) is 4.68 Å². The van der Waals surface area contributed by atoms with Crippen LogP contribution in [-0.2, 0) is 0 Å². The van der Waals surface area contributed by atoms with E-state index in [1.54, 1.807) is 4.68 Å². The maximum atomic E-state index is 12.5. The van der Waals surface area contributed by atoms with Crippen LogP contribution in [0.15, 0.2) is 40.1 Å². The third-order valence-corrected chi connectivity index (χ3v) is 3.37. The Bertz CT molecular complexity index is 675. The number of aryl methyl sites for hydroxylation is 1. The molecule has 1 aromatic carbocycles. The first-order chi connectivity index (χ1) is 9.16. The fraction of sp³-hybridized carbons (Fsp3) is 0.333. The smallest absolute Gasteiger partial charge is 0.280 e. The number of hydrogen-bond donors (Lipinski definition) is 1. The number of benzene rings is 1. The van der Waals surface area contributed by atoms with Gasteiger partial charge in [0, 0.05) is 11.4 Å². The van der Waals surface area contributed by atoms with E-state index in [0.717, 1.165) is 29.9 Å². The summed E-state index contributed by atoms with van der Waals surface area (Å²) in [5, 5.41) is 3.13. The van der Waals surface area contributed by atoms with Crippen molar-refractivity contribution in [1.82, 2.24) is 9.78 Å². The highest BCUT2D eigenvalue weighted by atomic mass is 16.1. The molecule has 2 aromatic rings. The van der Waals surface area contributed by atoms with E-state index in [9.17, 15) is 4.79 Å². The fourth-order valence-corrected chi connectivity index (χ4v) is 2.27. The summed E-state index contributed by atoms with van der Waals surface area (Å²) in [6.07, 6.45) is 2.29. The van der Waals surface area contributed by atoms with Crippen LogP contribution < -0.4 is 5.56 Å². The summed E-state index contributed by atoms with van der Waals surface area (Å²) < 4.78 is 1.58. The quantitative estimate of drug-likeness (QED) is 0.841. The van der Waals surface area contributed by atoms with Crippen molar-refractivity contribution in [3.8, 4) is 5.69 Å². The zero-order valence-corrected chi connectivity index (χ0v) is 11.2. The van der Waals surface area contributed by atoms with Gasteiger partial charge >= 0.3 is 0 Å². The molecule has 4 nitrogen and oxygen atoms in total. The van der Waals surface area contributed by atoms with E-state index in [1.807, 2.05) is 44.2 Å². The van der Waals surface area contributed by atoms with Gasteiger partial charge in [-0.2, -0.15) is 0 Å². The van der Waals surface area contributed by atoms with E-state index in [4.69, 9.17) is 0 Å². The summed E-state index contributed by atoms with van der Waals surface area (Å²) in [5.74, 6) is 0. The van der Waals surface area contributed by atoms with Crippen LogP contribution in [0.2, 0.25) is 0 Å². The number of H-pyrrole nitrogens is 1. The zero-order chi connectivity index (χ0) is 13.4. The molecule has 0 bridgehead atoms. The first-order valence-corrected chi connectivity index (χ1v) is 6.58.